The van der Waals surface area contributed by atoms with Crippen molar-refractivity contribution in [3.05, 3.63) is 6.20 Å². The van der Waals surface area contributed by atoms with Gasteiger partial charge in [-0.3, -0.25) is 4.68 Å². The smallest absolute Gasteiger partial charge is 0.171 e. The molecule has 1 fully saturated rings. The molecule has 0 aromatic carbocycles. The molecule has 0 amide bonds. The maximum absolute atomic E-state index is 5.76. The molecule has 1 atom stereocenters. The van der Waals surface area contributed by atoms with Crippen molar-refractivity contribution in [2.24, 2.45) is 7.05 Å². The quantitative estimate of drug-likeness (QED) is 0.777. The standard InChI is InChI=1S/C10H18N4O/c1-14-7-9(11)10(13-14)12-5-4-8-3-2-6-15-8/h7-8H,2-6,11H2,1H3,(H,12,13). The van der Waals surface area contributed by atoms with E-state index in [1.54, 1.807) is 10.9 Å². The molecule has 0 bridgehead atoms. The minimum atomic E-state index is 0.419. The van der Waals surface area contributed by atoms with E-state index in [2.05, 4.69) is 10.4 Å². The van der Waals surface area contributed by atoms with Gasteiger partial charge in [0.25, 0.3) is 0 Å². The normalized spacial score (nSPS) is 20.7. The summed E-state index contributed by atoms with van der Waals surface area (Å²) in [5.74, 6) is 0.774. The molecule has 1 aromatic heterocycles. The molecular weight excluding hydrogens is 192 g/mol. The van der Waals surface area contributed by atoms with Gasteiger partial charge in [-0.1, -0.05) is 0 Å². The molecule has 0 spiro atoms. The number of nitrogens with one attached hydrogen (secondary N) is 1. The van der Waals surface area contributed by atoms with E-state index in [0.29, 0.717) is 11.8 Å². The molecule has 15 heavy (non-hydrogen) atoms. The van der Waals surface area contributed by atoms with Crippen molar-refractivity contribution in [1.82, 2.24) is 9.78 Å². The van der Waals surface area contributed by atoms with Crippen molar-refractivity contribution in [1.29, 1.82) is 0 Å². The van der Waals surface area contributed by atoms with Crippen LogP contribution in [0.2, 0.25) is 0 Å². The molecule has 5 nitrogen and oxygen atoms in total. The lowest BCUT2D eigenvalue weighted by Crippen LogP contribution is -2.13. The molecule has 2 rings (SSSR count). The minimum absolute atomic E-state index is 0.419. The van der Waals surface area contributed by atoms with Crippen LogP contribution in [-0.4, -0.2) is 29.0 Å². The first-order valence-electron chi connectivity index (χ1n) is 5.40. The topological polar surface area (TPSA) is 65.1 Å². The second kappa shape index (κ2) is 4.53. The number of nitrogens with zero attached hydrogens (tertiary/aromatic N) is 2. The van der Waals surface area contributed by atoms with E-state index < -0.39 is 0 Å². The van der Waals surface area contributed by atoms with Crippen LogP contribution in [0.5, 0.6) is 0 Å². The number of anilines is 2. The van der Waals surface area contributed by atoms with Crippen molar-refractivity contribution in [2.75, 3.05) is 24.2 Å². The van der Waals surface area contributed by atoms with Gasteiger partial charge in [-0.15, -0.1) is 0 Å². The number of rotatable bonds is 4. The van der Waals surface area contributed by atoms with E-state index in [4.69, 9.17) is 10.5 Å². The SMILES string of the molecule is Cn1cc(N)c(NCCC2CCCO2)n1. The van der Waals surface area contributed by atoms with Crippen LogP contribution in [0.15, 0.2) is 6.20 Å². The number of nitrogens with two attached hydrogens (primary N) is 1. The average molecular weight is 210 g/mol. The lowest BCUT2D eigenvalue weighted by Gasteiger charge is -2.09. The van der Waals surface area contributed by atoms with Crippen LogP contribution in [0.3, 0.4) is 0 Å². The molecule has 1 aliphatic rings. The van der Waals surface area contributed by atoms with Gasteiger partial charge in [0, 0.05) is 26.4 Å². The van der Waals surface area contributed by atoms with Crippen LogP contribution in [0.4, 0.5) is 11.5 Å². The molecule has 0 radical (unpaired) electrons. The fourth-order valence-electron chi connectivity index (χ4n) is 1.87. The van der Waals surface area contributed by atoms with Gasteiger partial charge in [0.15, 0.2) is 5.82 Å². The molecule has 1 aliphatic heterocycles. The van der Waals surface area contributed by atoms with Crippen LogP contribution >= 0.6 is 0 Å². The Bertz CT molecular complexity index is 317. The predicted octanol–water partition coefficient (Wildman–Crippen LogP) is 0.983. The molecule has 1 saturated heterocycles. The van der Waals surface area contributed by atoms with Gasteiger partial charge >= 0.3 is 0 Å². The van der Waals surface area contributed by atoms with Gasteiger partial charge in [-0.05, 0) is 19.3 Å². The first kappa shape index (κ1) is 10.3. The first-order chi connectivity index (χ1) is 7.25. The Kier molecular flexibility index (Phi) is 3.11. The number of hydrogen-bond acceptors (Lipinski definition) is 4. The van der Waals surface area contributed by atoms with Gasteiger partial charge in [-0.25, -0.2) is 0 Å². The Morgan fingerprint density at radius 1 is 1.73 bits per heavy atom. The molecular formula is C10H18N4O. The average Bonchev–Trinajstić information content (AvgIpc) is 2.77. The number of hydrogen-bond donors (Lipinski definition) is 2. The summed E-state index contributed by atoms with van der Waals surface area (Å²) in [6.07, 6.45) is 5.61. The van der Waals surface area contributed by atoms with E-state index in [0.717, 1.165) is 25.4 Å². The Labute approximate surface area is 89.6 Å². The Morgan fingerprint density at radius 2 is 2.60 bits per heavy atom. The number of aryl methyl sites for hydroxylation is 1. The van der Waals surface area contributed by atoms with Crippen molar-refractivity contribution >= 4 is 11.5 Å². The van der Waals surface area contributed by atoms with Gasteiger partial charge in [0.05, 0.1) is 11.8 Å². The molecule has 84 valence electrons. The van der Waals surface area contributed by atoms with E-state index in [1.807, 2.05) is 7.05 Å². The fourth-order valence-corrected chi connectivity index (χ4v) is 1.87. The zero-order valence-corrected chi connectivity index (χ0v) is 9.07. The van der Waals surface area contributed by atoms with E-state index in [9.17, 15) is 0 Å². The maximum Gasteiger partial charge on any atom is 0.171 e. The van der Waals surface area contributed by atoms with Crippen LogP contribution in [0.25, 0.3) is 0 Å². The summed E-state index contributed by atoms with van der Waals surface area (Å²) in [7, 11) is 1.86. The van der Waals surface area contributed by atoms with E-state index in [-0.39, 0.29) is 0 Å². The zero-order valence-electron chi connectivity index (χ0n) is 9.07. The summed E-state index contributed by atoms with van der Waals surface area (Å²) < 4.78 is 7.24. The largest absolute Gasteiger partial charge is 0.394 e. The van der Waals surface area contributed by atoms with Gasteiger partial charge in [0.2, 0.25) is 0 Å². The third-order valence-electron chi connectivity index (χ3n) is 2.64. The first-order valence-corrected chi connectivity index (χ1v) is 5.40. The molecule has 5 heteroatoms. The minimum Gasteiger partial charge on any atom is -0.394 e. The van der Waals surface area contributed by atoms with E-state index >= 15 is 0 Å². The van der Waals surface area contributed by atoms with Crippen molar-refractivity contribution in [3.8, 4) is 0 Å². The molecule has 0 aliphatic carbocycles. The third-order valence-corrected chi connectivity index (χ3v) is 2.64. The zero-order chi connectivity index (χ0) is 10.7. The van der Waals surface area contributed by atoms with Crippen LogP contribution in [-0.2, 0) is 11.8 Å². The number of aromatic nitrogens is 2. The highest BCUT2D eigenvalue weighted by atomic mass is 16.5. The Balaban J connectivity index is 1.75. The fraction of sp³-hybridized carbons (Fsp3) is 0.700. The van der Waals surface area contributed by atoms with Crippen molar-refractivity contribution < 1.29 is 4.74 Å². The third kappa shape index (κ3) is 2.62. The highest BCUT2D eigenvalue weighted by molar-refractivity contribution is 5.59. The van der Waals surface area contributed by atoms with Gasteiger partial charge in [0.1, 0.15) is 0 Å². The lowest BCUT2D eigenvalue weighted by molar-refractivity contribution is 0.107. The van der Waals surface area contributed by atoms with Crippen LogP contribution in [0.1, 0.15) is 19.3 Å². The molecule has 1 aromatic rings. The number of nitrogen functional groups attached to an aromatic ring is 1. The summed E-state index contributed by atoms with van der Waals surface area (Å²) in [5, 5.41) is 7.44. The Hall–Kier alpha value is -1.23. The maximum atomic E-state index is 5.76. The summed E-state index contributed by atoms with van der Waals surface area (Å²) in [4.78, 5) is 0. The molecule has 3 N–H and O–H groups in total. The monoisotopic (exact) mass is 210 g/mol. The van der Waals surface area contributed by atoms with Crippen LogP contribution in [0, 0.1) is 0 Å². The summed E-state index contributed by atoms with van der Waals surface area (Å²) in [6, 6.07) is 0. The molecule has 0 saturated carbocycles. The highest BCUT2D eigenvalue weighted by Gasteiger charge is 2.14. The van der Waals surface area contributed by atoms with Crippen LogP contribution < -0.4 is 11.1 Å². The second-order valence-electron chi connectivity index (χ2n) is 3.96. The van der Waals surface area contributed by atoms with Crippen molar-refractivity contribution in [3.63, 3.8) is 0 Å². The van der Waals surface area contributed by atoms with Gasteiger partial charge in [-0.2, -0.15) is 5.10 Å². The molecule has 2 heterocycles. The second-order valence-corrected chi connectivity index (χ2v) is 3.96. The van der Waals surface area contributed by atoms with Gasteiger partial charge < -0.3 is 15.8 Å². The predicted molar refractivity (Wildman–Crippen MR) is 59.7 cm³/mol. The molecule has 1 unspecified atom stereocenters. The lowest BCUT2D eigenvalue weighted by atomic mass is 10.2. The summed E-state index contributed by atoms with van der Waals surface area (Å²) >= 11 is 0. The highest BCUT2D eigenvalue weighted by Crippen LogP contribution is 2.17. The van der Waals surface area contributed by atoms with Crippen molar-refractivity contribution in [2.45, 2.75) is 25.4 Å². The summed E-state index contributed by atoms with van der Waals surface area (Å²) in [6.45, 7) is 1.78. The Morgan fingerprint density at radius 3 is 3.20 bits per heavy atom. The number of ether oxygens (including phenoxy) is 1. The van der Waals surface area contributed by atoms with E-state index in [1.165, 1.54) is 12.8 Å². The summed E-state index contributed by atoms with van der Waals surface area (Å²) in [5.41, 5.74) is 6.46.